The van der Waals surface area contributed by atoms with Gasteiger partial charge < -0.3 is 25.1 Å². The van der Waals surface area contributed by atoms with E-state index in [9.17, 15) is 14.4 Å². The number of rotatable bonds is 7. The number of carbonyl (C=O) groups excluding carboxylic acids is 3. The van der Waals surface area contributed by atoms with Crippen molar-refractivity contribution in [3.05, 3.63) is 46.4 Å². The average Bonchev–Trinajstić information content (AvgIpc) is 3.41. The van der Waals surface area contributed by atoms with Crippen molar-refractivity contribution >= 4 is 34.7 Å². The first kappa shape index (κ1) is 23.9. The van der Waals surface area contributed by atoms with Crippen LogP contribution in [0.5, 0.6) is 5.75 Å². The zero-order chi connectivity index (χ0) is 24.2. The summed E-state index contributed by atoms with van der Waals surface area (Å²) in [6.45, 7) is 7.13. The van der Waals surface area contributed by atoms with E-state index in [1.54, 1.807) is 45.2 Å². The number of hydrogen-bond acceptors (Lipinski definition) is 8. The molecular formula is C22H25N5O5S. The van der Waals surface area contributed by atoms with Gasteiger partial charge in [0, 0.05) is 18.3 Å². The average molecular weight is 472 g/mol. The van der Waals surface area contributed by atoms with Crippen molar-refractivity contribution in [2.45, 2.75) is 33.2 Å². The molecule has 11 heteroatoms. The number of benzene rings is 1. The van der Waals surface area contributed by atoms with Gasteiger partial charge in [0.15, 0.2) is 12.2 Å². The smallest absolute Gasteiger partial charge is 0.313 e. The molecule has 0 aliphatic heterocycles. The largest absolute Gasteiger partial charge is 0.496 e. The number of thiazole rings is 1. The van der Waals surface area contributed by atoms with Gasteiger partial charge >= 0.3 is 11.8 Å². The number of hydrogen-bond donors (Lipinski definition) is 3. The fraction of sp³-hybridized carbons (Fsp3) is 0.318. The molecule has 3 rings (SSSR count). The molecule has 0 atom stereocenters. The number of aryl methyl sites for hydroxylation is 2. The lowest BCUT2D eigenvalue weighted by molar-refractivity contribution is -0.137. The molecule has 0 aliphatic carbocycles. The molecule has 2 aromatic heterocycles. The first-order chi connectivity index (χ1) is 15.6. The third-order valence-corrected chi connectivity index (χ3v) is 5.69. The second-order valence-corrected chi connectivity index (χ2v) is 9.11. The van der Waals surface area contributed by atoms with Crippen LogP contribution in [0.2, 0.25) is 0 Å². The molecule has 0 fully saturated rings. The summed E-state index contributed by atoms with van der Waals surface area (Å²) in [5, 5.41) is 8.75. The predicted molar refractivity (Wildman–Crippen MR) is 123 cm³/mol. The number of oxazole rings is 1. The molecular weight excluding hydrogens is 446 g/mol. The zero-order valence-corrected chi connectivity index (χ0v) is 19.8. The fourth-order valence-corrected chi connectivity index (χ4v) is 3.88. The van der Waals surface area contributed by atoms with E-state index >= 15 is 0 Å². The quantitative estimate of drug-likeness (QED) is 0.451. The highest BCUT2D eigenvalue weighted by Gasteiger charge is 2.26. The molecule has 0 saturated carbocycles. The monoisotopic (exact) mass is 471 g/mol. The standard InChI is InChI=1S/C22H25N5O5S/c1-12-18(33-13(2)25-12)19(28)24-10-22(3,4)27-21(30)20(29)26-14-6-7-15(16(8-14)31-5)17-9-23-11-32-17/h6-9,11H,10H2,1-5H3,(H,24,28)(H,26,29)(H,27,30). The molecule has 3 aromatic rings. The summed E-state index contributed by atoms with van der Waals surface area (Å²) in [4.78, 5) is 45.9. The van der Waals surface area contributed by atoms with Crippen LogP contribution in [-0.2, 0) is 9.59 Å². The molecule has 174 valence electrons. The van der Waals surface area contributed by atoms with Crippen molar-refractivity contribution in [3.8, 4) is 17.1 Å². The lowest BCUT2D eigenvalue weighted by Crippen LogP contribution is -2.54. The number of nitrogens with one attached hydrogen (secondary N) is 3. The van der Waals surface area contributed by atoms with Gasteiger partial charge in [-0.1, -0.05) is 0 Å². The van der Waals surface area contributed by atoms with E-state index in [2.05, 4.69) is 25.9 Å². The summed E-state index contributed by atoms with van der Waals surface area (Å²) < 4.78 is 10.6. The fourth-order valence-electron chi connectivity index (χ4n) is 3.04. The van der Waals surface area contributed by atoms with Crippen LogP contribution in [-0.4, -0.2) is 46.9 Å². The highest BCUT2D eigenvalue weighted by Crippen LogP contribution is 2.32. The lowest BCUT2D eigenvalue weighted by Gasteiger charge is -2.26. The number of nitrogens with zero attached hydrogens (tertiary/aromatic N) is 2. The zero-order valence-electron chi connectivity index (χ0n) is 18.9. The predicted octanol–water partition coefficient (Wildman–Crippen LogP) is 2.69. The van der Waals surface area contributed by atoms with Gasteiger partial charge in [0.25, 0.3) is 5.91 Å². The van der Waals surface area contributed by atoms with Crippen LogP contribution in [0.4, 0.5) is 5.69 Å². The molecule has 0 radical (unpaired) electrons. The highest BCUT2D eigenvalue weighted by molar-refractivity contribution is 7.13. The Morgan fingerprint density at radius 2 is 1.94 bits per heavy atom. The summed E-state index contributed by atoms with van der Waals surface area (Å²) in [6, 6.07) is 4.89. The number of carbonyl (C=O) groups is 3. The summed E-state index contributed by atoms with van der Waals surface area (Å²) in [7, 11) is 1.49. The van der Waals surface area contributed by atoms with Crippen molar-refractivity contribution in [1.29, 1.82) is 0 Å². The van der Waals surface area contributed by atoms with Crippen LogP contribution in [0.3, 0.4) is 0 Å². The SMILES string of the molecule is COc1cc(NC(=O)C(=O)NC(C)(C)CNC(=O)c2sc(C)nc2C)ccc1-c1cnco1. The van der Waals surface area contributed by atoms with Gasteiger partial charge in [-0.3, -0.25) is 14.4 Å². The molecule has 0 spiro atoms. The van der Waals surface area contributed by atoms with Gasteiger partial charge in [-0.15, -0.1) is 11.3 Å². The van der Waals surface area contributed by atoms with Gasteiger partial charge in [-0.05, 0) is 39.8 Å². The summed E-state index contributed by atoms with van der Waals surface area (Å²) in [5.41, 5.74) is 0.810. The van der Waals surface area contributed by atoms with E-state index in [-0.39, 0.29) is 12.5 Å². The Hall–Kier alpha value is -3.73. The third kappa shape index (κ3) is 5.95. The maximum absolute atomic E-state index is 12.4. The van der Waals surface area contributed by atoms with Gasteiger partial charge in [0.2, 0.25) is 0 Å². The first-order valence-corrected chi connectivity index (χ1v) is 10.8. The Balaban J connectivity index is 1.58. The minimum Gasteiger partial charge on any atom is -0.496 e. The number of ether oxygens (including phenoxy) is 1. The Morgan fingerprint density at radius 3 is 2.55 bits per heavy atom. The molecule has 1 aromatic carbocycles. The number of methoxy groups -OCH3 is 1. The molecule has 3 amide bonds. The van der Waals surface area contributed by atoms with Gasteiger partial charge in [-0.25, -0.2) is 9.97 Å². The number of amides is 3. The van der Waals surface area contributed by atoms with E-state index < -0.39 is 17.4 Å². The molecule has 2 heterocycles. The Labute approximate surface area is 194 Å². The maximum Gasteiger partial charge on any atom is 0.313 e. The summed E-state index contributed by atoms with van der Waals surface area (Å²) in [6.07, 6.45) is 2.85. The topological polar surface area (TPSA) is 135 Å². The van der Waals surface area contributed by atoms with Crippen LogP contribution < -0.4 is 20.7 Å². The summed E-state index contributed by atoms with van der Waals surface area (Å²) in [5.74, 6) is -1.00. The van der Waals surface area contributed by atoms with Crippen molar-refractivity contribution in [2.24, 2.45) is 0 Å². The van der Waals surface area contributed by atoms with Gasteiger partial charge in [-0.2, -0.15) is 0 Å². The van der Waals surface area contributed by atoms with E-state index in [0.717, 1.165) is 5.01 Å². The van der Waals surface area contributed by atoms with Crippen molar-refractivity contribution in [1.82, 2.24) is 20.6 Å². The molecule has 0 aliphatic rings. The number of aromatic nitrogens is 2. The van der Waals surface area contributed by atoms with E-state index in [1.165, 1.54) is 24.8 Å². The number of anilines is 1. The normalized spacial score (nSPS) is 11.1. The molecule has 33 heavy (non-hydrogen) atoms. The van der Waals surface area contributed by atoms with Crippen molar-refractivity contribution < 1.29 is 23.5 Å². The molecule has 0 bridgehead atoms. The van der Waals surface area contributed by atoms with Crippen LogP contribution in [0.25, 0.3) is 11.3 Å². The van der Waals surface area contributed by atoms with Gasteiger partial charge in [0.1, 0.15) is 10.6 Å². The van der Waals surface area contributed by atoms with E-state index in [0.29, 0.717) is 33.3 Å². The van der Waals surface area contributed by atoms with Crippen LogP contribution >= 0.6 is 11.3 Å². The lowest BCUT2D eigenvalue weighted by atomic mass is 10.1. The minimum absolute atomic E-state index is 0.126. The minimum atomic E-state index is -0.869. The van der Waals surface area contributed by atoms with E-state index in [1.807, 2.05) is 6.92 Å². The summed E-state index contributed by atoms with van der Waals surface area (Å²) >= 11 is 1.30. The second kappa shape index (κ2) is 9.82. The maximum atomic E-state index is 12.4. The molecule has 3 N–H and O–H groups in total. The molecule has 0 unspecified atom stereocenters. The van der Waals surface area contributed by atoms with Crippen molar-refractivity contribution in [2.75, 3.05) is 19.0 Å². The van der Waals surface area contributed by atoms with Crippen LogP contribution in [0, 0.1) is 13.8 Å². The highest BCUT2D eigenvalue weighted by atomic mass is 32.1. The third-order valence-electron chi connectivity index (χ3n) is 4.62. The van der Waals surface area contributed by atoms with Crippen LogP contribution in [0.1, 0.15) is 34.2 Å². The van der Waals surface area contributed by atoms with E-state index in [4.69, 9.17) is 9.15 Å². The van der Waals surface area contributed by atoms with Crippen molar-refractivity contribution in [3.63, 3.8) is 0 Å². The Morgan fingerprint density at radius 1 is 1.18 bits per heavy atom. The molecule has 0 saturated heterocycles. The Bertz CT molecular complexity index is 1170. The molecule has 10 nitrogen and oxygen atoms in total. The first-order valence-electron chi connectivity index (χ1n) is 10.0. The van der Waals surface area contributed by atoms with Gasteiger partial charge in [0.05, 0.1) is 35.1 Å². The second-order valence-electron chi connectivity index (χ2n) is 7.90. The Kier molecular flexibility index (Phi) is 7.12. The van der Waals surface area contributed by atoms with Crippen LogP contribution in [0.15, 0.2) is 35.2 Å².